The minimum absolute atomic E-state index is 0.0781. The van der Waals surface area contributed by atoms with Gasteiger partial charge in [0.25, 0.3) is 0 Å². The largest absolute Gasteiger partial charge is 0.492 e. The van der Waals surface area contributed by atoms with Gasteiger partial charge in [0, 0.05) is 19.4 Å². The number of nitrogens with two attached hydrogens (primary N) is 2. The first kappa shape index (κ1) is 15.8. The van der Waals surface area contributed by atoms with Crippen LogP contribution in [0, 0.1) is 6.92 Å². The fourth-order valence-electron chi connectivity index (χ4n) is 1.50. The minimum Gasteiger partial charge on any atom is -0.492 e. The van der Waals surface area contributed by atoms with Crippen molar-refractivity contribution in [1.82, 2.24) is 9.91 Å². The van der Waals surface area contributed by atoms with Gasteiger partial charge < -0.3 is 20.4 Å². The van der Waals surface area contributed by atoms with Gasteiger partial charge in [0.15, 0.2) is 0 Å². The van der Waals surface area contributed by atoms with Gasteiger partial charge in [-0.2, -0.15) is 0 Å². The van der Waals surface area contributed by atoms with E-state index in [0.29, 0.717) is 13.2 Å². The highest BCUT2D eigenvalue weighted by Gasteiger charge is 2.10. The number of benzene rings is 1. The fraction of sp³-hybridized carbons (Fsp3) is 0.357. The van der Waals surface area contributed by atoms with Crippen LogP contribution in [0.25, 0.3) is 0 Å². The standard InChI is InChI=1S/C14H22N4O2/c1-12-3-5-13(6-4-12)20-10-9-17(2)14(19)11-18(16)8-7-15/h3-8H,9-11,15-16H2,1-2H3/b8-7+. The predicted octanol–water partition coefficient (Wildman–Crippen LogP) is 0.438. The zero-order chi connectivity index (χ0) is 15.0. The molecule has 0 saturated carbocycles. The van der Waals surface area contributed by atoms with Gasteiger partial charge in [0.05, 0.1) is 6.54 Å². The third kappa shape index (κ3) is 5.62. The molecule has 0 saturated heterocycles. The maximum atomic E-state index is 11.8. The number of likely N-dealkylation sites (N-methyl/N-ethyl adjacent to an activating group) is 1. The molecule has 6 nitrogen and oxygen atoms in total. The molecule has 0 aromatic heterocycles. The lowest BCUT2D eigenvalue weighted by Crippen LogP contribution is -2.40. The molecule has 1 amide bonds. The van der Waals surface area contributed by atoms with Crippen molar-refractivity contribution in [2.24, 2.45) is 11.6 Å². The Labute approximate surface area is 119 Å². The summed E-state index contributed by atoms with van der Waals surface area (Å²) in [6.07, 6.45) is 2.72. The van der Waals surface area contributed by atoms with Crippen LogP contribution in [-0.2, 0) is 4.79 Å². The molecule has 0 fully saturated rings. The lowest BCUT2D eigenvalue weighted by molar-refractivity contribution is -0.130. The van der Waals surface area contributed by atoms with Crippen LogP contribution in [0.2, 0.25) is 0 Å². The summed E-state index contributed by atoms with van der Waals surface area (Å²) in [5.41, 5.74) is 6.37. The van der Waals surface area contributed by atoms with Gasteiger partial charge in [-0.05, 0) is 19.1 Å². The number of carbonyl (C=O) groups is 1. The van der Waals surface area contributed by atoms with Crippen LogP contribution in [0.1, 0.15) is 5.56 Å². The lowest BCUT2D eigenvalue weighted by atomic mass is 10.2. The van der Waals surface area contributed by atoms with Gasteiger partial charge in [-0.15, -0.1) is 0 Å². The Morgan fingerprint density at radius 1 is 1.35 bits per heavy atom. The second-order valence-electron chi connectivity index (χ2n) is 4.49. The molecule has 0 radical (unpaired) electrons. The number of carbonyl (C=O) groups excluding carboxylic acids is 1. The Balaban J connectivity index is 2.30. The van der Waals surface area contributed by atoms with E-state index in [0.717, 1.165) is 5.75 Å². The van der Waals surface area contributed by atoms with Crippen LogP contribution in [0.15, 0.2) is 36.7 Å². The Morgan fingerprint density at radius 3 is 2.60 bits per heavy atom. The smallest absolute Gasteiger partial charge is 0.243 e. The summed E-state index contributed by atoms with van der Waals surface area (Å²) in [5, 5.41) is 1.24. The van der Waals surface area contributed by atoms with Gasteiger partial charge >= 0.3 is 0 Å². The Morgan fingerprint density at radius 2 is 2.00 bits per heavy atom. The first-order valence-electron chi connectivity index (χ1n) is 6.36. The van der Waals surface area contributed by atoms with Crippen LogP contribution in [-0.4, -0.2) is 42.6 Å². The summed E-state index contributed by atoms with van der Waals surface area (Å²) in [5.74, 6) is 6.24. The highest BCUT2D eigenvalue weighted by Crippen LogP contribution is 2.11. The van der Waals surface area contributed by atoms with Crippen molar-refractivity contribution in [2.75, 3.05) is 26.7 Å². The van der Waals surface area contributed by atoms with E-state index >= 15 is 0 Å². The molecule has 0 atom stereocenters. The number of hydrazine groups is 1. The molecule has 1 rings (SSSR count). The van der Waals surface area contributed by atoms with Crippen molar-refractivity contribution in [3.05, 3.63) is 42.2 Å². The molecule has 0 heterocycles. The molecule has 0 aliphatic rings. The molecular formula is C14H22N4O2. The van der Waals surface area contributed by atoms with E-state index in [1.165, 1.54) is 23.0 Å². The van der Waals surface area contributed by atoms with Gasteiger partial charge in [-0.1, -0.05) is 17.7 Å². The molecule has 1 aromatic rings. The van der Waals surface area contributed by atoms with Crippen LogP contribution >= 0.6 is 0 Å². The summed E-state index contributed by atoms with van der Waals surface area (Å²) in [4.78, 5) is 13.4. The zero-order valence-corrected chi connectivity index (χ0v) is 12.0. The van der Waals surface area contributed by atoms with E-state index in [1.54, 1.807) is 11.9 Å². The Bertz CT molecular complexity index is 445. The van der Waals surface area contributed by atoms with Crippen molar-refractivity contribution in [1.29, 1.82) is 0 Å². The monoisotopic (exact) mass is 278 g/mol. The van der Waals surface area contributed by atoms with E-state index in [2.05, 4.69) is 0 Å². The topological polar surface area (TPSA) is 84.8 Å². The molecule has 0 spiro atoms. The molecule has 0 aliphatic carbocycles. The molecule has 4 N–H and O–H groups in total. The quantitative estimate of drug-likeness (QED) is 0.558. The van der Waals surface area contributed by atoms with Crippen LogP contribution < -0.4 is 16.3 Å². The number of hydrogen-bond acceptors (Lipinski definition) is 5. The number of nitrogens with zero attached hydrogens (tertiary/aromatic N) is 2. The van der Waals surface area contributed by atoms with Gasteiger partial charge in [0.2, 0.25) is 5.91 Å². The second kappa shape index (κ2) is 8.06. The summed E-state index contributed by atoms with van der Waals surface area (Å²) < 4.78 is 5.56. The van der Waals surface area contributed by atoms with Crippen molar-refractivity contribution in [2.45, 2.75) is 6.92 Å². The van der Waals surface area contributed by atoms with Crippen molar-refractivity contribution in [3.63, 3.8) is 0 Å². The molecule has 1 aromatic carbocycles. The zero-order valence-electron chi connectivity index (χ0n) is 12.0. The minimum atomic E-state index is -0.0990. The normalized spacial score (nSPS) is 10.6. The molecule has 0 aliphatic heterocycles. The average Bonchev–Trinajstić information content (AvgIpc) is 2.41. The van der Waals surface area contributed by atoms with Crippen molar-refractivity contribution >= 4 is 5.91 Å². The third-order valence-electron chi connectivity index (χ3n) is 2.74. The number of hydrogen-bond donors (Lipinski definition) is 2. The van der Waals surface area contributed by atoms with Crippen LogP contribution in [0.3, 0.4) is 0 Å². The number of ether oxygens (including phenoxy) is 1. The van der Waals surface area contributed by atoms with Gasteiger partial charge in [-0.3, -0.25) is 4.79 Å². The van der Waals surface area contributed by atoms with E-state index in [-0.39, 0.29) is 12.5 Å². The van der Waals surface area contributed by atoms with E-state index in [4.69, 9.17) is 16.3 Å². The van der Waals surface area contributed by atoms with Crippen LogP contribution in [0.5, 0.6) is 5.75 Å². The van der Waals surface area contributed by atoms with Crippen LogP contribution in [0.4, 0.5) is 0 Å². The van der Waals surface area contributed by atoms with E-state index < -0.39 is 0 Å². The van der Waals surface area contributed by atoms with Crippen molar-refractivity contribution in [3.8, 4) is 5.75 Å². The Kier molecular flexibility index (Phi) is 6.39. The predicted molar refractivity (Wildman–Crippen MR) is 78.5 cm³/mol. The number of rotatable bonds is 7. The molecule has 20 heavy (non-hydrogen) atoms. The lowest BCUT2D eigenvalue weighted by Gasteiger charge is -2.20. The summed E-state index contributed by atoms with van der Waals surface area (Å²) >= 11 is 0. The highest BCUT2D eigenvalue weighted by molar-refractivity contribution is 5.78. The number of amides is 1. The molecule has 6 heteroatoms. The second-order valence-corrected chi connectivity index (χ2v) is 4.49. The summed E-state index contributed by atoms with van der Waals surface area (Å²) in [6, 6.07) is 7.78. The van der Waals surface area contributed by atoms with E-state index in [1.807, 2.05) is 31.2 Å². The van der Waals surface area contributed by atoms with E-state index in [9.17, 15) is 4.79 Å². The highest BCUT2D eigenvalue weighted by atomic mass is 16.5. The molecule has 110 valence electrons. The molecule has 0 unspecified atom stereocenters. The van der Waals surface area contributed by atoms with Crippen molar-refractivity contribution < 1.29 is 9.53 Å². The summed E-state index contributed by atoms with van der Waals surface area (Å²) in [6.45, 7) is 3.02. The fourth-order valence-corrected chi connectivity index (χ4v) is 1.50. The maximum absolute atomic E-state index is 11.8. The average molecular weight is 278 g/mol. The Hall–Kier alpha value is -2.21. The summed E-state index contributed by atoms with van der Waals surface area (Å²) in [7, 11) is 1.71. The maximum Gasteiger partial charge on any atom is 0.243 e. The third-order valence-corrected chi connectivity index (χ3v) is 2.74. The molecule has 0 bridgehead atoms. The molecular weight excluding hydrogens is 256 g/mol. The number of aryl methyl sites for hydroxylation is 1. The van der Waals surface area contributed by atoms with Gasteiger partial charge in [-0.25, -0.2) is 5.84 Å². The first-order chi connectivity index (χ1) is 9.52. The first-order valence-corrected chi connectivity index (χ1v) is 6.36. The van der Waals surface area contributed by atoms with Gasteiger partial charge in [0.1, 0.15) is 18.9 Å². The SMILES string of the molecule is Cc1ccc(OCCN(C)C(=O)CN(N)/C=C/N)cc1.